The van der Waals surface area contributed by atoms with E-state index in [1.54, 1.807) is 25.3 Å². The molecule has 0 amide bonds. The van der Waals surface area contributed by atoms with Crippen molar-refractivity contribution >= 4 is 40.1 Å². The number of aryl methyl sites for hydroxylation is 1. The normalized spacial score (nSPS) is 13.1. The van der Waals surface area contributed by atoms with E-state index in [1.807, 2.05) is 42.5 Å². The summed E-state index contributed by atoms with van der Waals surface area (Å²) >= 11 is 6.34. The number of carbonyl (C=O) groups is 1. The molecular weight excluding hydrogens is 454 g/mol. The molecule has 0 bridgehead atoms. The Balaban J connectivity index is 1.69. The second-order valence-corrected chi connectivity index (χ2v) is 8.44. The highest BCUT2D eigenvalue weighted by Gasteiger charge is 2.24. The Hall–Kier alpha value is -3.68. The fourth-order valence-electron chi connectivity index (χ4n) is 4.16. The first-order chi connectivity index (χ1) is 16.5. The molecule has 0 fully saturated rings. The van der Waals surface area contributed by atoms with Crippen molar-refractivity contribution in [2.24, 2.45) is 0 Å². The summed E-state index contributed by atoms with van der Waals surface area (Å²) in [5.74, 6) is 0.335. The van der Waals surface area contributed by atoms with Crippen molar-refractivity contribution in [1.29, 1.82) is 0 Å². The number of benzene rings is 3. The highest BCUT2D eigenvalue weighted by molar-refractivity contribution is 6.30. The molecule has 5 rings (SSSR count). The largest absolute Gasteiger partial charge is 0.478 e. The number of halogens is 1. The van der Waals surface area contributed by atoms with Crippen molar-refractivity contribution in [2.75, 3.05) is 25.3 Å². The summed E-state index contributed by atoms with van der Waals surface area (Å²) in [7, 11) is 1.57. The Kier molecular flexibility index (Phi) is 6.04. The molecule has 8 heteroatoms. The molecule has 1 aromatic heterocycles. The minimum Gasteiger partial charge on any atom is -0.478 e. The number of aromatic nitrogens is 2. The Morgan fingerprint density at radius 2 is 1.88 bits per heavy atom. The Bertz CT molecular complexity index is 1370. The van der Waals surface area contributed by atoms with Crippen molar-refractivity contribution in [2.45, 2.75) is 12.8 Å². The lowest BCUT2D eigenvalue weighted by Crippen LogP contribution is -2.26. The molecule has 4 aromatic rings. The number of hydrogen-bond donors (Lipinski definition) is 1. The molecule has 1 aliphatic rings. The van der Waals surface area contributed by atoms with Crippen LogP contribution in [0.4, 0.5) is 11.5 Å². The van der Waals surface area contributed by atoms with Gasteiger partial charge in [-0.05, 0) is 73.0 Å². The van der Waals surface area contributed by atoms with Gasteiger partial charge < -0.3 is 19.5 Å². The molecule has 0 radical (unpaired) electrons. The van der Waals surface area contributed by atoms with E-state index < -0.39 is 5.97 Å². The quantitative estimate of drug-likeness (QED) is 0.357. The third kappa shape index (κ3) is 4.27. The van der Waals surface area contributed by atoms with Gasteiger partial charge in [-0.1, -0.05) is 17.7 Å². The van der Waals surface area contributed by atoms with Gasteiger partial charge in [0.1, 0.15) is 11.4 Å². The Morgan fingerprint density at radius 3 is 2.65 bits per heavy atom. The van der Waals surface area contributed by atoms with E-state index >= 15 is 0 Å². The van der Waals surface area contributed by atoms with E-state index in [-0.39, 0.29) is 12.4 Å². The molecule has 34 heavy (non-hydrogen) atoms. The minimum absolute atomic E-state index is 0.164. The molecule has 0 aliphatic carbocycles. The number of rotatable bonds is 6. The van der Waals surface area contributed by atoms with E-state index in [9.17, 15) is 9.90 Å². The number of aromatic carboxylic acids is 1. The highest BCUT2D eigenvalue weighted by atomic mass is 35.5. The summed E-state index contributed by atoms with van der Waals surface area (Å²) in [5, 5.41) is 10.1. The zero-order chi connectivity index (χ0) is 23.7. The van der Waals surface area contributed by atoms with Crippen LogP contribution in [0.15, 0.2) is 60.7 Å². The summed E-state index contributed by atoms with van der Waals surface area (Å²) in [5.41, 5.74) is 5.04. The molecule has 0 saturated heterocycles. The highest BCUT2D eigenvalue weighted by Crippen LogP contribution is 2.39. The smallest absolute Gasteiger partial charge is 0.335 e. The SMILES string of the molecule is COCOc1ccc(-c2nc3ccc(C(=O)O)cc3nc2N2CCCc3ccc(Cl)cc32)cc1. The number of carboxylic acids is 1. The predicted octanol–water partition coefficient (Wildman–Crippen LogP) is 5.72. The average molecular weight is 476 g/mol. The first-order valence-corrected chi connectivity index (χ1v) is 11.2. The van der Waals surface area contributed by atoms with Gasteiger partial charge in [0, 0.05) is 29.9 Å². The van der Waals surface area contributed by atoms with Crippen LogP contribution in [0.3, 0.4) is 0 Å². The van der Waals surface area contributed by atoms with Gasteiger partial charge >= 0.3 is 5.97 Å². The first kappa shape index (κ1) is 22.1. The fraction of sp³-hybridized carbons (Fsp3) is 0.192. The van der Waals surface area contributed by atoms with Gasteiger partial charge in [-0.25, -0.2) is 14.8 Å². The van der Waals surface area contributed by atoms with Crippen LogP contribution in [-0.2, 0) is 11.2 Å². The van der Waals surface area contributed by atoms with Gasteiger partial charge in [-0.15, -0.1) is 0 Å². The van der Waals surface area contributed by atoms with Crippen LogP contribution in [0.1, 0.15) is 22.3 Å². The lowest BCUT2D eigenvalue weighted by molar-refractivity contribution is 0.0511. The van der Waals surface area contributed by atoms with Crippen LogP contribution in [0, 0.1) is 0 Å². The van der Waals surface area contributed by atoms with Gasteiger partial charge in [0.25, 0.3) is 0 Å². The molecule has 1 N–H and O–H groups in total. The molecule has 1 aliphatic heterocycles. The Morgan fingerprint density at radius 1 is 1.06 bits per heavy atom. The molecule has 0 unspecified atom stereocenters. The van der Waals surface area contributed by atoms with Crippen LogP contribution < -0.4 is 9.64 Å². The predicted molar refractivity (Wildman–Crippen MR) is 131 cm³/mol. The number of fused-ring (bicyclic) bond motifs is 2. The molecule has 0 atom stereocenters. The summed E-state index contributed by atoms with van der Waals surface area (Å²) in [6.45, 7) is 0.909. The molecule has 3 aromatic carbocycles. The average Bonchev–Trinajstić information content (AvgIpc) is 2.86. The second kappa shape index (κ2) is 9.29. The van der Waals surface area contributed by atoms with E-state index in [1.165, 1.54) is 5.56 Å². The van der Waals surface area contributed by atoms with Gasteiger partial charge in [0.15, 0.2) is 12.6 Å². The van der Waals surface area contributed by atoms with E-state index in [0.717, 1.165) is 30.6 Å². The Labute approximate surface area is 201 Å². The van der Waals surface area contributed by atoms with Gasteiger partial charge in [0.2, 0.25) is 0 Å². The maximum absolute atomic E-state index is 11.5. The number of nitrogens with zero attached hydrogens (tertiary/aromatic N) is 3. The van der Waals surface area contributed by atoms with Crippen LogP contribution >= 0.6 is 11.6 Å². The van der Waals surface area contributed by atoms with Crippen LogP contribution in [-0.4, -0.2) is 41.5 Å². The summed E-state index contributed by atoms with van der Waals surface area (Å²) in [4.78, 5) is 23.5. The molecule has 0 saturated carbocycles. The summed E-state index contributed by atoms with van der Waals surface area (Å²) in [6, 6.07) is 18.3. The first-order valence-electron chi connectivity index (χ1n) is 10.9. The number of hydrogen-bond acceptors (Lipinski definition) is 6. The lowest BCUT2D eigenvalue weighted by atomic mass is 10.0. The molecule has 2 heterocycles. The zero-order valence-corrected chi connectivity index (χ0v) is 19.2. The van der Waals surface area contributed by atoms with Crippen LogP contribution in [0.25, 0.3) is 22.3 Å². The summed E-state index contributed by atoms with van der Waals surface area (Å²) < 4.78 is 10.5. The number of ether oxygens (including phenoxy) is 2. The lowest BCUT2D eigenvalue weighted by Gasteiger charge is -2.32. The van der Waals surface area contributed by atoms with Crippen molar-refractivity contribution in [3.8, 4) is 17.0 Å². The van der Waals surface area contributed by atoms with Crippen molar-refractivity contribution in [3.63, 3.8) is 0 Å². The monoisotopic (exact) mass is 475 g/mol. The van der Waals surface area contributed by atoms with Crippen molar-refractivity contribution < 1.29 is 19.4 Å². The number of methoxy groups -OCH3 is 1. The number of anilines is 2. The molecule has 0 spiro atoms. The third-order valence-electron chi connectivity index (χ3n) is 5.79. The molecular formula is C26H22ClN3O4. The van der Waals surface area contributed by atoms with Crippen LogP contribution in [0.5, 0.6) is 5.75 Å². The second-order valence-electron chi connectivity index (χ2n) is 8.01. The standard InChI is InChI=1S/C26H22ClN3O4/c1-33-15-34-20-9-5-17(6-10-20)24-25(29-22-13-18(26(31)32)7-11-21(22)28-24)30-12-2-3-16-4-8-19(27)14-23(16)30/h4-11,13-14H,2-3,12,15H2,1H3,(H,31,32). The zero-order valence-electron chi connectivity index (χ0n) is 18.5. The maximum Gasteiger partial charge on any atom is 0.335 e. The molecule has 172 valence electrons. The van der Waals surface area contributed by atoms with Gasteiger partial charge in [-0.3, -0.25) is 0 Å². The third-order valence-corrected chi connectivity index (χ3v) is 6.02. The fourth-order valence-corrected chi connectivity index (χ4v) is 4.33. The minimum atomic E-state index is -1.00. The van der Waals surface area contributed by atoms with Crippen molar-refractivity contribution in [1.82, 2.24) is 9.97 Å². The van der Waals surface area contributed by atoms with Crippen molar-refractivity contribution in [3.05, 3.63) is 76.8 Å². The van der Waals surface area contributed by atoms with E-state index in [0.29, 0.717) is 33.3 Å². The van der Waals surface area contributed by atoms with Gasteiger partial charge in [0.05, 0.1) is 16.6 Å². The number of carboxylic acid groups (broad SMARTS) is 1. The van der Waals surface area contributed by atoms with Crippen LogP contribution in [0.2, 0.25) is 5.02 Å². The van der Waals surface area contributed by atoms with Gasteiger partial charge in [-0.2, -0.15) is 0 Å². The van der Waals surface area contributed by atoms with E-state index in [4.69, 9.17) is 31.0 Å². The summed E-state index contributed by atoms with van der Waals surface area (Å²) in [6.07, 6.45) is 1.90. The topological polar surface area (TPSA) is 84.8 Å². The maximum atomic E-state index is 11.5. The van der Waals surface area contributed by atoms with E-state index in [2.05, 4.69) is 4.90 Å². The molecule has 7 nitrogen and oxygen atoms in total.